The van der Waals surface area contributed by atoms with Crippen molar-refractivity contribution in [2.24, 2.45) is 23.2 Å². The van der Waals surface area contributed by atoms with Gasteiger partial charge < -0.3 is 51.1 Å². The maximum atomic E-state index is 14.6. The number of nitrogens with zero attached hydrogens (tertiary/aromatic N) is 4. The normalized spacial score (nSPS) is 23.8. The molecule has 19 nitrogen and oxygen atoms in total. The standard InChI is InChI=1S/C73H103N9O10S2/c1-51-23-25-60(26-24-51)94(90,91)82-40-31-61-63(82)17-14-18-64(61)92-49-59(83)48-81(72(89)80-38-29-56(30-39-80)58-16-13-15-57(44-58)55-27-36-79(37-28-55)70(87)73-45-52-41-53(46-73)43-54(42-52)47-73)35-12-4-11-34-76-67(85)21-6-2-9-32-74-66(84)20-5-3-10-33-75-68(86)22-8-7-19-65-69-62(50-93-65)77-71(88)78-69/h13-18,23-26,31,40,44,52-56,59,62,65,69,83H,2-12,19-22,27-30,32-39,41-43,45-50H2,1H3,(H,74,84)(H,75,86)(H,76,85)(H2,77,78,88)/t52?,53?,54?,59?,62-,65-,69-,73?/m0/s1. The lowest BCUT2D eigenvalue weighted by Gasteiger charge is -2.57. The Hall–Kier alpha value is -6.32. The van der Waals surface area contributed by atoms with Crippen molar-refractivity contribution in [3.63, 3.8) is 0 Å². The number of benzene rings is 3. The maximum Gasteiger partial charge on any atom is 0.320 e. The highest BCUT2D eigenvalue weighted by atomic mass is 32.2. The van der Waals surface area contributed by atoms with Gasteiger partial charge in [-0.05, 0) is 200 Å². The summed E-state index contributed by atoms with van der Waals surface area (Å²) in [5.41, 5.74) is 3.98. The number of hydrogen-bond acceptors (Lipinski definition) is 11. The van der Waals surface area contributed by atoms with Gasteiger partial charge in [-0.3, -0.25) is 19.2 Å². The Bertz CT molecular complexity index is 3310. The van der Waals surface area contributed by atoms with E-state index in [-0.39, 0.29) is 65.3 Å². The van der Waals surface area contributed by atoms with E-state index in [0.29, 0.717) is 105 Å². The summed E-state index contributed by atoms with van der Waals surface area (Å²) in [4.78, 5) is 84.0. The van der Waals surface area contributed by atoms with Crippen LogP contribution in [0.3, 0.4) is 0 Å². The lowest BCUT2D eigenvalue weighted by atomic mass is 9.49. The smallest absolute Gasteiger partial charge is 0.320 e. The number of piperidine rings is 2. The first-order valence-corrected chi connectivity index (χ1v) is 38.2. The molecular formula is C73H103N9O10S2. The number of aromatic nitrogens is 1. The minimum atomic E-state index is -3.89. The molecule has 8 fully saturated rings. The summed E-state index contributed by atoms with van der Waals surface area (Å²) in [6, 6.07) is 22.9. The lowest BCUT2D eigenvalue weighted by Crippen LogP contribution is -2.55. The highest BCUT2D eigenvalue weighted by Gasteiger charge is 2.56. The number of aliphatic hydroxyl groups is 1. The molecule has 0 spiro atoms. The predicted molar refractivity (Wildman–Crippen MR) is 367 cm³/mol. The molecule has 94 heavy (non-hydrogen) atoms. The first-order valence-electron chi connectivity index (χ1n) is 35.7. The van der Waals surface area contributed by atoms with Gasteiger partial charge in [-0.1, -0.05) is 67.3 Å². The van der Waals surface area contributed by atoms with Crippen LogP contribution in [-0.4, -0.2) is 163 Å². The quantitative estimate of drug-likeness (QED) is 0.0194. The van der Waals surface area contributed by atoms with Crippen LogP contribution in [0, 0.1) is 30.1 Å². The first-order chi connectivity index (χ1) is 45.6. The molecule has 512 valence electrons. The van der Waals surface area contributed by atoms with Gasteiger partial charge in [0.2, 0.25) is 23.6 Å². The van der Waals surface area contributed by atoms with E-state index in [2.05, 4.69) is 55.7 Å². The van der Waals surface area contributed by atoms with Crippen molar-refractivity contribution in [1.82, 2.24) is 45.3 Å². The number of amides is 8. The minimum Gasteiger partial charge on any atom is -0.490 e. The minimum absolute atomic E-state index is 0.00780. The van der Waals surface area contributed by atoms with Gasteiger partial charge in [-0.25, -0.2) is 22.0 Å². The molecule has 8 amide bonds. The van der Waals surface area contributed by atoms with Crippen molar-refractivity contribution in [1.29, 1.82) is 0 Å². The molecule has 3 aromatic carbocycles. The molecular weight excluding hydrogens is 1230 g/mol. The Labute approximate surface area is 561 Å². The van der Waals surface area contributed by atoms with Crippen molar-refractivity contribution in [3.05, 3.63) is 95.7 Å². The topological polar surface area (TPSA) is 241 Å². The maximum absolute atomic E-state index is 14.6. The molecule has 6 N–H and O–H groups in total. The Kier molecular flexibility index (Phi) is 24.0. The second-order valence-electron chi connectivity index (χ2n) is 28.6. The molecule has 5 heterocycles. The second-order valence-corrected chi connectivity index (χ2v) is 31.7. The van der Waals surface area contributed by atoms with E-state index in [1.165, 1.54) is 40.6 Å². The van der Waals surface area contributed by atoms with E-state index in [9.17, 15) is 42.3 Å². The summed E-state index contributed by atoms with van der Waals surface area (Å²) < 4.78 is 34.9. The van der Waals surface area contributed by atoms with E-state index >= 15 is 0 Å². The third kappa shape index (κ3) is 17.8. The average molecular weight is 1330 g/mol. The van der Waals surface area contributed by atoms with E-state index < -0.39 is 16.1 Å². The number of carbonyl (C=O) groups excluding carboxylic acids is 6. The molecule has 0 radical (unpaired) electrons. The molecule has 4 bridgehead atoms. The number of rotatable bonds is 33. The molecule has 4 aliphatic carbocycles. The number of hydrogen-bond donors (Lipinski definition) is 6. The predicted octanol–water partition coefficient (Wildman–Crippen LogP) is 10.5. The fourth-order valence-electron chi connectivity index (χ4n) is 16.8. The van der Waals surface area contributed by atoms with Gasteiger partial charge in [0.1, 0.15) is 18.5 Å². The van der Waals surface area contributed by atoms with Gasteiger partial charge in [0.15, 0.2) is 0 Å². The molecule has 1 unspecified atom stereocenters. The summed E-state index contributed by atoms with van der Waals surface area (Å²) in [6.07, 6.45) is 22.6. The molecule has 4 atom stereocenters. The highest BCUT2D eigenvalue weighted by molar-refractivity contribution is 8.00. The van der Waals surface area contributed by atoms with Gasteiger partial charge >= 0.3 is 12.1 Å². The van der Waals surface area contributed by atoms with Gasteiger partial charge in [-0.2, -0.15) is 11.8 Å². The zero-order valence-corrected chi connectivity index (χ0v) is 57.0. The van der Waals surface area contributed by atoms with Crippen LogP contribution in [0.1, 0.15) is 189 Å². The fourth-order valence-corrected chi connectivity index (χ4v) is 19.7. The van der Waals surface area contributed by atoms with Crippen molar-refractivity contribution < 1.29 is 47.0 Å². The van der Waals surface area contributed by atoms with Crippen LogP contribution in [-0.2, 0) is 29.2 Å². The molecule has 8 aliphatic rings. The Morgan fingerprint density at radius 3 is 1.83 bits per heavy atom. The lowest BCUT2D eigenvalue weighted by molar-refractivity contribution is -0.158. The van der Waals surface area contributed by atoms with E-state index in [0.717, 1.165) is 158 Å². The molecule has 4 saturated carbocycles. The van der Waals surface area contributed by atoms with Crippen LogP contribution in [0.4, 0.5) is 9.59 Å². The third-order valence-electron chi connectivity index (χ3n) is 21.6. The summed E-state index contributed by atoms with van der Waals surface area (Å²) in [6.45, 7) is 6.79. The Morgan fingerprint density at radius 2 is 1.23 bits per heavy atom. The molecule has 4 aromatic rings. The first kappa shape index (κ1) is 69.0. The number of carbonyl (C=O) groups is 6. The van der Waals surface area contributed by atoms with Crippen LogP contribution >= 0.6 is 11.8 Å². The zero-order chi connectivity index (χ0) is 65.6. The SMILES string of the molecule is Cc1ccc(S(=O)(=O)n2ccc3c(OCC(O)CN(CCCCCNC(=O)CCCCCNC(=O)CCCCCNC(=O)CCCC[C@@H]4SC[C@@H]5NC(=O)N[C@@H]54)C(=O)N4CCC(c5cccc(C6CCN(C(=O)C78CC9CC(CC(C9)C7)C8)CC6)c5)CC4)cccc32)cc1. The number of aliphatic hydroxyl groups excluding tert-OH is 1. The van der Waals surface area contributed by atoms with Crippen molar-refractivity contribution in [2.75, 3.05) is 71.3 Å². The van der Waals surface area contributed by atoms with Crippen LogP contribution in [0.25, 0.3) is 10.9 Å². The van der Waals surface area contributed by atoms with Gasteiger partial charge in [0, 0.05) is 94.2 Å². The van der Waals surface area contributed by atoms with Crippen LogP contribution in [0.2, 0.25) is 0 Å². The number of aryl methyl sites for hydroxylation is 1. The second kappa shape index (κ2) is 32.6. The number of thioether (sulfide) groups is 1. The number of nitrogens with one attached hydrogen (secondary N) is 5. The fraction of sp³-hybridized carbons (Fsp3) is 0.644. The van der Waals surface area contributed by atoms with Gasteiger partial charge in [0.25, 0.3) is 10.0 Å². The largest absolute Gasteiger partial charge is 0.490 e. The van der Waals surface area contributed by atoms with E-state index in [1.54, 1.807) is 53.4 Å². The highest BCUT2D eigenvalue weighted by Crippen LogP contribution is 2.61. The summed E-state index contributed by atoms with van der Waals surface area (Å²) in [5.74, 6) is 4.90. The molecule has 4 saturated heterocycles. The molecule has 12 rings (SSSR count). The van der Waals surface area contributed by atoms with Crippen LogP contribution < -0.4 is 31.3 Å². The number of urea groups is 2. The number of fused-ring (bicyclic) bond motifs is 2. The van der Waals surface area contributed by atoms with Gasteiger partial charge in [-0.15, -0.1) is 0 Å². The Morgan fingerprint density at radius 1 is 0.681 bits per heavy atom. The Balaban J connectivity index is 0.582. The monoisotopic (exact) mass is 1330 g/mol. The zero-order valence-electron chi connectivity index (χ0n) is 55.4. The van der Waals surface area contributed by atoms with E-state index in [1.807, 2.05) is 23.6 Å². The molecule has 4 aliphatic heterocycles. The number of ether oxygens (including phenoxy) is 1. The summed E-state index contributed by atoms with van der Waals surface area (Å²) in [5, 5.41) is 27.6. The number of likely N-dealkylation sites (tertiary alicyclic amines) is 2. The van der Waals surface area contributed by atoms with Crippen molar-refractivity contribution >= 4 is 68.4 Å². The van der Waals surface area contributed by atoms with E-state index in [4.69, 9.17) is 4.74 Å². The summed E-state index contributed by atoms with van der Waals surface area (Å²) in [7, 11) is -3.89. The third-order valence-corrected chi connectivity index (χ3v) is 24.8. The molecule has 1 aromatic heterocycles. The number of unbranched alkanes of at least 4 members (excludes halogenated alkanes) is 7. The van der Waals surface area contributed by atoms with Crippen LogP contribution in [0.15, 0.2) is 83.9 Å². The average Bonchev–Trinajstić information content (AvgIpc) is 1.22. The van der Waals surface area contributed by atoms with Gasteiger partial charge in [0.05, 0.1) is 34.5 Å². The molecule has 21 heteroatoms. The summed E-state index contributed by atoms with van der Waals surface area (Å²) >= 11 is 1.90. The van der Waals surface area contributed by atoms with Crippen molar-refractivity contribution in [2.45, 2.75) is 208 Å². The van der Waals surface area contributed by atoms with Crippen molar-refractivity contribution in [3.8, 4) is 5.75 Å². The van der Waals surface area contributed by atoms with Crippen LogP contribution in [0.5, 0.6) is 5.75 Å².